The smallest absolute Gasteiger partial charge is 0.270 e. The van der Waals surface area contributed by atoms with Crippen molar-refractivity contribution in [2.45, 2.75) is 13.5 Å². The van der Waals surface area contributed by atoms with Gasteiger partial charge in [-0.05, 0) is 46.9 Å². The van der Waals surface area contributed by atoms with Gasteiger partial charge in [0.05, 0.1) is 23.4 Å². The Kier molecular flexibility index (Phi) is 5.64. The number of rotatable bonds is 4. The summed E-state index contributed by atoms with van der Waals surface area (Å²) < 4.78 is 4.15. The van der Waals surface area contributed by atoms with Gasteiger partial charge in [0.15, 0.2) is 10.8 Å². The van der Waals surface area contributed by atoms with Crippen molar-refractivity contribution < 1.29 is 4.79 Å². The van der Waals surface area contributed by atoms with Crippen LogP contribution in [0.5, 0.6) is 0 Å². The first-order chi connectivity index (χ1) is 12.0. The molecule has 0 unspecified atom stereocenters. The quantitative estimate of drug-likeness (QED) is 0.485. The molecule has 25 heavy (non-hydrogen) atoms. The summed E-state index contributed by atoms with van der Waals surface area (Å²) in [7, 11) is 5.70. The third-order valence-electron chi connectivity index (χ3n) is 3.80. The summed E-state index contributed by atoms with van der Waals surface area (Å²) in [5, 5.41) is 0.638. The Morgan fingerprint density at radius 1 is 1.16 bits per heavy atom. The van der Waals surface area contributed by atoms with Crippen LogP contribution in [0.2, 0.25) is 5.02 Å². The van der Waals surface area contributed by atoms with Gasteiger partial charge in [0.25, 0.3) is 0 Å². The van der Waals surface area contributed by atoms with Crippen LogP contribution in [0.3, 0.4) is 0 Å². The van der Waals surface area contributed by atoms with Crippen LogP contribution >= 0.6 is 45.7 Å². The second-order valence-electron chi connectivity index (χ2n) is 5.41. The molecule has 128 valence electrons. The van der Waals surface area contributed by atoms with Gasteiger partial charge in [-0.1, -0.05) is 54.2 Å². The predicted molar refractivity (Wildman–Crippen MR) is 110 cm³/mol. The SMILES string of the molecule is Cc1ccccc1N1C(=O)N(Cc2ccc(Cl)cc2)C(=NSCl)C1=S. The maximum Gasteiger partial charge on any atom is 0.335 e. The van der Waals surface area contributed by atoms with E-state index in [1.165, 1.54) is 9.80 Å². The van der Waals surface area contributed by atoms with Gasteiger partial charge < -0.3 is 0 Å². The van der Waals surface area contributed by atoms with E-state index >= 15 is 0 Å². The second kappa shape index (κ2) is 7.74. The Labute approximate surface area is 165 Å². The lowest BCUT2D eigenvalue weighted by Gasteiger charge is -2.18. The summed E-state index contributed by atoms with van der Waals surface area (Å²) in [4.78, 5) is 16.4. The minimum atomic E-state index is -0.251. The highest BCUT2D eigenvalue weighted by Gasteiger charge is 2.41. The molecule has 2 aromatic carbocycles. The van der Waals surface area contributed by atoms with Gasteiger partial charge in [0, 0.05) is 5.02 Å². The van der Waals surface area contributed by atoms with E-state index in [-0.39, 0.29) is 6.03 Å². The van der Waals surface area contributed by atoms with Crippen molar-refractivity contribution in [3.05, 3.63) is 64.7 Å². The number of halogens is 2. The molecule has 0 N–H and O–H groups in total. The molecule has 2 aromatic rings. The van der Waals surface area contributed by atoms with Gasteiger partial charge in [0.2, 0.25) is 0 Å². The van der Waals surface area contributed by atoms with E-state index in [2.05, 4.69) is 4.40 Å². The van der Waals surface area contributed by atoms with Gasteiger partial charge >= 0.3 is 6.03 Å². The van der Waals surface area contributed by atoms with Crippen molar-refractivity contribution >= 4 is 68.2 Å². The van der Waals surface area contributed by atoms with Crippen LogP contribution in [-0.2, 0) is 6.54 Å². The molecule has 0 spiro atoms. The number of carbonyl (C=O) groups is 1. The zero-order chi connectivity index (χ0) is 18.0. The molecule has 0 aromatic heterocycles. The van der Waals surface area contributed by atoms with E-state index in [9.17, 15) is 4.79 Å². The number of nitrogens with zero attached hydrogens (tertiary/aromatic N) is 3. The third-order valence-corrected chi connectivity index (χ3v) is 4.87. The Hall–Kier alpha value is -1.60. The van der Waals surface area contributed by atoms with E-state index in [0.717, 1.165) is 28.0 Å². The Morgan fingerprint density at radius 3 is 2.48 bits per heavy atom. The zero-order valence-electron chi connectivity index (χ0n) is 13.1. The van der Waals surface area contributed by atoms with Crippen molar-refractivity contribution in [2.24, 2.45) is 4.40 Å². The number of urea groups is 1. The molecule has 0 atom stereocenters. The summed E-state index contributed by atoms with van der Waals surface area (Å²) in [6, 6.07) is 14.6. The topological polar surface area (TPSA) is 35.9 Å². The number of amidine groups is 1. The van der Waals surface area contributed by atoms with Crippen molar-refractivity contribution in [2.75, 3.05) is 4.90 Å². The highest BCUT2D eigenvalue weighted by molar-refractivity contribution is 8.20. The standard InChI is InChI=1S/C17H13Cl2N3OS2/c1-11-4-2-3-5-14(11)22-16(24)15(20-25-19)21(17(22)23)10-12-6-8-13(18)9-7-12/h2-9H,10H2,1H3. The summed E-state index contributed by atoms with van der Waals surface area (Å²) in [6.45, 7) is 2.26. The van der Waals surface area contributed by atoms with Crippen LogP contribution in [0.4, 0.5) is 10.5 Å². The fraction of sp³-hybridized carbons (Fsp3) is 0.118. The molecule has 1 saturated heterocycles. The van der Waals surface area contributed by atoms with E-state index in [1.54, 1.807) is 12.1 Å². The lowest BCUT2D eigenvalue weighted by atomic mass is 10.2. The first kappa shape index (κ1) is 18.2. The number of anilines is 1. The Morgan fingerprint density at radius 2 is 1.84 bits per heavy atom. The largest absolute Gasteiger partial charge is 0.335 e. The number of benzene rings is 2. The first-order valence-corrected chi connectivity index (χ1v) is 9.73. The van der Waals surface area contributed by atoms with Crippen LogP contribution in [0, 0.1) is 6.92 Å². The van der Waals surface area contributed by atoms with E-state index in [0.29, 0.717) is 22.4 Å². The molecule has 0 bridgehead atoms. The molecule has 4 nitrogen and oxygen atoms in total. The fourth-order valence-electron chi connectivity index (χ4n) is 2.58. The van der Waals surface area contributed by atoms with Gasteiger partial charge in [-0.2, -0.15) is 4.40 Å². The monoisotopic (exact) mass is 409 g/mol. The first-order valence-electron chi connectivity index (χ1n) is 7.34. The summed E-state index contributed by atoms with van der Waals surface area (Å²) in [5.74, 6) is 0.373. The number of amides is 2. The molecule has 0 saturated carbocycles. The summed E-state index contributed by atoms with van der Waals surface area (Å²) >= 11 is 12.2. The molecule has 1 aliphatic heterocycles. The molecule has 3 rings (SSSR count). The van der Waals surface area contributed by atoms with Crippen LogP contribution in [-0.4, -0.2) is 21.8 Å². The molecule has 0 radical (unpaired) electrons. The molecule has 1 heterocycles. The van der Waals surface area contributed by atoms with Crippen LogP contribution in [0.15, 0.2) is 52.9 Å². The number of carbonyl (C=O) groups excluding carboxylic acids is 1. The average Bonchev–Trinajstić information content (AvgIpc) is 2.82. The zero-order valence-corrected chi connectivity index (χ0v) is 16.3. The average molecular weight is 410 g/mol. The summed E-state index contributed by atoms with van der Waals surface area (Å²) in [5.41, 5.74) is 2.60. The van der Waals surface area contributed by atoms with Crippen molar-refractivity contribution in [1.29, 1.82) is 0 Å². The van der Waals surface area contributed by atoms with Crippen LogP contribution in [0.1, 0.15) is 11.1 Å². The van der Waals surface area contributed by atoms with Crippen molar-refractivity contribution in [1.82, 2.24) is 4.90 Å². The lowest BCUT2D eigenvalue weighted by molar-refractivity contribution is 0.232. The highest BCUT2D eigenvalue weighted by Crippen LogP contribution is 2.29. The van der Waals surface area contributed by atoms with Gasteiger partial charge in [-0.25, -0.2) is 9.69 Å². The minimum Gasteiger partial charge on any atom is -0.270 e. The molecule has 2 amide bonds. The number of hydrogen-bond acceptors (Lipinski definition) is 4. The van der Waals surface area contributed by atoms with Crippen molar-refractivity contribution in [3.8, 4) is 0 Å². The fourth-order valence-corrected chi connectivity index (χ4v) is 3.54. The van der Waals surface area contributed by atoms with E-state index < -0.39 is 0 Å². The normalized spacial score (nSPS) is 16.2. The van der Waals surface area contributed by atoms with Gasteiger partial charge in [-0.15, -0.1) is 0 Å². The van der Waals surface area contributed by atoms with E-state index in [4.69, 9.17) is 34.5 Å². The number of hydrogen-bond donors (Lipinski definition) is 0. The molecular weight excluding hydrogens is 397 g/mol. The minimum absolute atomic E-state index is 0.251. The maximum absolute atomic E-state index is 13.0. The second-order valence-corrected chi connectivity index (χ2v) is 6.96. The predicted octanol–water partition coefficient (Wildman–Crippen LogP) is 5.62. The van der Waals surface area contributed by atoms with Crippen LogP contribution < -0.4 is 4.90 Å². The summed E-state index contributed by atoms with van der Waals surface area (Å²) in [6.07, 6.45) is 0. The lowest BCUT2D eigenvalue weighted by Crippen LogP contribution is -2.33. The molecule has 1 aliphatic rings. The third kappa shape index (κ3) is 3.67. The molecule has 8 heteroatoms. The van der Waals surface area contributed by atoms with Gasteiger partial charge in [0.1, 0.15) is 0 Å². The number of para-hydroxylation sites is 1. The van der Waals surface area contributed by atoms with E-state index in [1.807, 2.05) is 43.3 Å². The number of aryl methyl sites for hydroxylation is 1. The molecule has 1 fully saturated rings. The number of thiocarbonyl (C=S) groups is 1. The Bertz CT molecular complexity index is 855. The molecular formula is C17H13Cl2N3OS2. The maximum atomic E-state index is 13.0. The highest BCUT2D eigenvalue weighted by atomic mass is 35.7. The molecule has 0 aliphatic carbocycles. The van der Waals surface area contributed by atoms with Crippen molar-refractivity contribution in [3.63, 3.8) is 0 Å². The Balaban J connectivity index is 1.98. The van der Waals surface area contributed by atoms with Crippen LogP contribution in [0.25, 0.3) is 0 Å². The van der Waals surface area contributed by atoms with Gasteiger partial charge in [-0.3, -0.25) is 4.90 Å².